The van der Waals surface area contributed by atoms with E-state index in [1.165, 1.54) is 4.90 Å². The number of piperidine rings is 1. The first kappa shape index (κ1) is 14.1. The molecule has 1 heterocycles. The van der Waals surface area contributed by atoms with Crippen molar-refractivity contribution in [2.45, 2.75) is 45.3 Å². The lowest BCUT2D eigenvalue weighted by Crippen LogP contribution is -2.62. The first-order chi connectivity index (χ1) is 8.82. The molecular weight excluding hydrogens is 246 g/mol. The molecule has 2 aliphatic rings. The number of hydrogen-bond donors (Lipinski definition) is 3. The van der Waals surface area contributed by atoms with Crippen molar-refractivity contribution in [2.24, 2.45) is 17.1 Å². The van der Waals surface area contributed by atoms with Crippen molar-refractivity contribution in [1.29, 1.82) is 0 Å². The van der Waals surface area contributed by atoms with Gasteiger partial charge < -0.3 is 21.1 Å². The average molecular weight is 269 g/mol. The normalized spacial score (nSPS) is 33.4. The largest absolute Gasteiger partial charge is 0.392 e. The Hall–Kier alpha value is -1.30. The molecule has 108 valence electrons. The second-order valence-electron chi connectivity index (χ2n) is 6.26. The fourth-order valence-corrected chi connectivity index (χ4v) is 2.83. The minimum absolute atomic E-state index is 0.0129. The standard InChI is InChI=1S/C13H23N3O3/c1-13(2)9(6-10(13)17)15-11(18)8-4-3-5-16(7-8)12(14)19/h8-10,17H,3-7H2,1-2H3,(H2,14,19)(H,15,18). The van der Waals surface area contributed by atoms with Gasteiger partial charge >= 0.3 is 6.03 Å². The fourth-order valence-electron chi connectivity index (χ4n) is 2.83. The average Bonchev–Trinajstić information content (AvgIpc) is 2.38. The van der Waals surface area contributed by atoms with Crippen LogP contribution >= 0.6 is 0 Å². The maximum atomic E-state index is 12.2. The minimum Gasteiger partial charge on any atom is -0.392 e. The number of aliphatic hydroxyl groups is 1. The topological polar surface area (TPSA) is 95.7 Å². The number of aliphatic hydroxyl groups excluding tert-OH is 1. The predicted molar refractivity (Wildman–Crippen MR) is 70.2 cm³/mol. The fraction of sp³-hybridized carbons (Fsp3) is 0.846. The maximum Gasteiger partial charge on any atom is 0.314 e. The number of amides is 3. The van der Waals surface area contributed by atoms with E-state index in [0.29, 0.717) is 19.5 Å². The highest BCUT2D eigenvalue weighted by atomic mass is 16.3. The molecule has 6 nitrogen and oxygen atoms in total. The van der Waals surface area contributed by atoms with Crippen LogP contribution in [0.15, 0.2) is 0 Å². The van der Waals surface area contributed by atoms with Crippen LogP contribution in [0.25, 0.3) is 0 Å². The van der Waals surface area contributed by atoms with Crippen LogP contribution in [0.1, 0.15) is 33.1 Å². The molecule has 19 heavy (non-hydrogen) atoms. The van der Waals surface area contributed by atoms with Gasteiger partial charge in [-0.25, -0.2) is 4.79 Å². The Bertz CT molecular complexity index is 383. The number of carbonyl (C=O) groups excluding carboxylic acids is 2. The Morgan fingerprint density at radius 1 is 1.42 bits per heavy atom. The van der Waals surface area contributed by atoms with Crippen LogP contribution in [0, 0.1) is 11.3 Å². The first-order valence-corrected chi connectivity index (χ1v) is 6.85. The van der Waals surface area contributed by atoms with Crippen LogP contribution in [-0.2, 0) is 4.79 Å². The molecule has 6 heteroatoms. The van der Waals surface area contributed by atoms with Crippen LogP contribution in [-0.4, -0.2) is 47.2 Å². The van der Waals surface area contributed by atoms with Gasteiger partial charge in [0.15, 0.2) is 0 Å². The highest BCUT2D eigenvalue weighted by molar-refractivity contribution is 5.81. The molecule has 3 amide bonds. The molecule has 0 spiro atoms. The summed E-state index contributed by atoms with van der Waals surface area (Å²) < 4.78 is 0. The lowest BCUT2D eigenvalue weighted by Gasteiger charge is -2.49. The lowest BCUT2D eigenvalue weighted by molar-refractivity contribution is -0.134. The van der Waals surface area contributed by atoms with Gasteiger partial charge in [-0.1, -0.05) is 13.8 Å². The summed E-state index contributed by atoms with van der Waals surface area (Å²) in [4.78, 5) is 24.9. The van der Waals surface area contributed by atoms with E-state index in [0.717, 1.165) is 12.8 Å². The molecule has 4 N–H and O–H groups in total. The summed E-state index contributed by atoms with van der Waals surface area (Å²) in [7, 11) is 0. The summed E-state index contributed by atoms with van der Waals surface area (Å²) in [6, 6.07) is -0.448. The summed E-state index contributed by atoms with van der Waals surface area (Å²) in [6.45, 7) is 4.93. The third kappa shape index (κ3) is 2.68. The van der Waals surface area contributed by atoms with Crippen molar-refractivity contribution < 1.29 is 14.7 Å². The Balaban J connectivity index is 1.88. The Kier molecular flexibility index (Phi) is 3.71. The van der Waals surface area contributed by atoms with Gasteiger partial charge in [-0.3, -0.25) is 4.79 Å². The molecule has 1 saturated heterocycles. The van der Waals surface area contributed by atoms with Crippen LogP contribution < -0.4 is 11.1 Å². The monoisotopic (exact) mass is 269 g/mol. The van der Waals surface area contributed by atoms with E-state index >= 15 is 0 Å². The number of hydrogen-bond acceptors (Lipinski definition) is 3. The summed E-state index contributed by atoms with van der Waals surface area (Å²) in [5.74, 6) is -0.217. The van der Waals surface area contributed by atoms with Crippen molar-refractivity contribution in [3.05, 3.63) is 0 Å². The van der Waals surface area contributed by atoms with Gasteiger partial charge in [0.1, 0.15) is 0 Å². The SMILES string of the molecule is CC1(C)C(O)CC1NC(=O)C1CCCN(C(N)=O)C1. The minimum atomic E-state index is -0.461. The van der Waals surface area contributed by atoms with Crippen molar-refractivity contribution in [3.8, 4) is 0 Å². The molecule has 0 aromatic carbocycles. The number of rotatable bonds is 2. The second kappa shape index (κ2) is 5.00. The van der Waals surface area contributed by atoms with Crippen molar-refractivity contribution in [2.75, 3.05) is 13.1 Å². The predicted octanol–water partition coefficient (Wildman–Crippen LogP) is 0.0527. The molecular formula is C13H23N3O3. The van der Waals surface area contributed by atoms with Crippen molar-refractivity contribution in [3.63, 3.8) is 0 Å². The lowest BCUT2D eigenvalue weighted by atomic mass is 9.64. The molecule has 1 saturated carbocycles. The molecule has 2 rings (SSSR count). The van der Waals surface area contributed by atoms with Crippen LogP contribution in [0.5, 0.6) is 0 Å². The van der Waals surface area contributed by atoms with Crippen molar-refractivity contribution >= 4 is 11.9 Å². The van der Waals surface area contributed by atoms with E-state index in [2.05, 4.69) is 5.32 Å². The van der Waals surface area contributed by atoms with E-state index in [9.17, 15) is 14.7 Å². The third-order valence-corrected chi connectivity index (χ3v) is 4.64. The molecule has 1 aliphatic heterocycles. The number of carbonyl (C=O) groups is 2. The van der Waals surface area contributed by atoms with Gasteiger partial charge in [-0.2, -0.15) is 0 Å². The van der Waals surface area contributed by atoms with E-state index in [1.807, 2.05) is 13.8 Å². The van der Waals surface area contributed by atoms with Gasteiger partial charge in [0.05, 0.1) is 12.0 Å². The molecule has 2 fully saturated rings. The number of nitrogens with zero attached hydrogens (tertiary/aromatic N) is 1. The summed E-state index contributed by atoms with van der Waals surface area (Å²) in [6.07, 6.45) is 1.83. The molecule has 0 aromatic rings. The zero-order valence-corrected chi connectivity index (χ0v) is 11.6. The highest BCUT2D eigenvalue weighted by Gasteiger charge is 2.48. The van der Waals surface area contributed by atoms with Gasteiger partial charge in [-0.15, -0.1) is 0 Å². The number of nitrogens with two attached hydrogens (primary N) is 1. The second-order valence-corrected chi connectivity index (χ2v) is 6.26. The highest BCUT2D eigenvalue weighted by Crippen LogP contribution is 2.40. The van der Waals surface area contributed by atoms with Crippen molar-refractivity contribution in [1.82, 2.24) is 10.2 Å². The number of primary amides is 1. The zero-order valence-electron chi connectivity index (χ0n) is 11.6. The molecule has 0 aromatic heterocycles. The van der Waals surface area contributed by atoms with Crippen LogP contribution in [0.4, 0.5) is 4.79 Å². The quantitative estimate of drug-likeness (QED) is 0.661. The van der Waals surface area contributed by atoms with Gasteiger partial charge in [0.25, 0.3) is 0 Å². The number of likely N-dealkylation sites (tertiary alicyclic amines) is 1. The van der Waals surface area contributed by atoms with Crippen LogP contribution in [0.2, 0.25) is 0 Å². The smallest absolute Gasteiger partial charge is 0.314 e. The van der Waals surface area contributed by atoms with Crippen LogP contribution in [0.3, 0.4) is 0 Å². The maximum absolute atomic E-state index is 12.2. The number of urea groups is 1. The van der Waals surface area contributed by atoms with Gasteiger partial charge in [0.2, 0.25) is 5.91 Å². The molecule has 3 unspecified atom stereocenters. The first-order valence-electron chi connectivity index (χ1n) is 6.85. The molecule has 1 aliphatic carbocycles. The third-order valence-electron chi connectivity index (χ3n) is 4.64. The molecule has 0 radical (unpaired) electrons. The number of nitrogens with one attached hydrogen (secondary N) is 1. The van der Waals surface area contributed by atoms with E-state index < -0.39 is 6.03 Å². The summed E-state index contributed by atoms with van der Waals surface area (Å²) in [5, 5.41) is 12.7. The molecule has 3 atom stereocenters. The van der Waals surface area contributed by atoms with E-state index in [4.69, 9.17) is 5.73 Å². The summed E-state index contributed by atoms with van der Waals surface area (Å²) in [5.41, 5.74) is 4.98. The molecule has 0 bridgehead atoms. The Morgan fingerprint density at radius 2 is 2.11 bits per heavy atom. The van der Waals surface area contributed by atoms with Gasteiger partial charge in [0, 0.05) is 24.5 Å². The summed E-state index contributed by atoms with van der Waals surface area (Å²) >= 11 is 0. The van der Waals surface area contributed by atoms with E-state index in [1.54, 1.807) is 0 Å². The Labute approximate surface area is 113 Å². The zero-order chi connectivity index (χ0) is 14.2. The van der Waals surface area contributed by atoms with E-state index in [-0.39, 0.29) is 29.4 Å². The van der Waals surface area contributed by atoms with Gasteiger partial charge in [-0.05, 0) is 19.3 Å². The Morgan fingerprint density at radius 3 is 2.63 bits per heavy atom.